The zero-order chi connectivity index (χ0) is 37.0. The lowest BCUT2D eigenvalue weighted by Crippen LogP contribution is -2.24. The second-order valence-corrected chi connectivity index (χ2v) is 13.6. The molecule has 6 aromatic carbocycles. The first-order valence-corrected chi connectivity index (χ1v) is 17.6. The molecular formula is C46H44O7. The van der Waals surface area contributed by atoms with Gasteiger partial charge in [0.1, 0.15) is 61.1 Å². The van der Waals surface area contributed by atoms with Crippen molar-refractivity contribution in [3.63, 3.8) is 0 Å². The number of benzene rings is 6. The average molecular weight is 709 g/mol. The lowest BCUT2D eigenvalue weighted by molar-refractivity contribution is 0.00682. The predicted molar refractivity (Wildman–Crippen MR) is 205 cm³/mol. The largest absolute Gasteiger partial charge is 0.488 e. The van der Waals surface area contributed by atoms with Crippen molar-refractivity contribution in [2.45, 2.75) is 58.9 Å². The molecule has 0 bridgehead atoms. The molecule has 0 saturated heterocycles. The highest BCUT2D eigenvalue weighted by Crippen LogP contribution is 2.46. The van der Waals surface area contributed by atoms with Crippen molar-refractivity contribution in [1.29, 1.82) is 0 Å². The van der Waals surface area contributed by atoms with Crippen LogP contribution in [0, 0.1) is 0 Å². The molecule has 53 heavy (non-hydrogen) atoms. The van der Waals surface area contributed by atoms with E-state index >= 15 is 0 Å². The van der Waals surface area contributed by atoms with Crippen molar-refractivity contribution in [2.75, 3.05) is 0 Å². The average Bonchev–Trinajstić information content (AvgIpc) is 3.18. The van der Waals surface area contributed by atoms with Crippen molar-refractivity contribution in [3.05, 3.63) is 191 Å². The molecule has 1 N–H and O–H groups in total. The summed E-state index contributed by atoms with van der Waals surface area (Å²) in [4.78, 5) is 13.6. The number of hydrogen-bond acceptors (Lipinski definition) is 7. The fourth-order valence-corrected chi connectivity index (χ4v) is 5.70. The van der Waals surface area contributed by atoms with Gasteiger partial charge < -0.3 is 28.8 Å². The first kappa shape index (κ1) is 36.7. The lowest BCUT2D eigenvalue weighted by atomic mass is 9.96. The number of aliphatic hydroxyl groups is 1. The Morgan fingerprint density at radius 1 is 0.491 bits per heavy atom. The topological polar surface area (TPSA) is 83.5 Å². The molecule has 0 aliphatic heterocycles. The summed E-state index contributed by atoms with van der Waals surface area (Å²) in [6.07, 6.45) is -1.38. The van der Waals surface area contributed by atoms with Gasteiger partial charge in [0.15, 0.2) is 0 Å². The van der Waals surface area contributed by atoms with Crippen LogP contribution >= 0.6 is 0 Å². The molecule has 1 atom stereocenters. The highest BCUT2D eigenvalue weighted by atomic mass is 16.6. The zero-order valence-electron chi connectivity index (χ0n) is 30.2. The van der Waals surface area contributed by atoms with Crippen LogP contribution in [0.3, 0.4) is 0 Å². The summed E-state index contributed by atoms with van der Waals surface area (Å²) in [5, 5.41) is 12.7. The van der Waals surface area contributed by atoms with Crippen LogP contribution in [-0.4, -0.2) is 16.7 Å². The smallest absolute Gasteiger partial charge is 0.338 e. The molecule has 1 unspecified atom stereocenters. The summed E-state index contributed by atoms with van der Waals surface area (Å²) in [7, 11) is 0. The molecule has 7 nitrogen and oxygen atoms in total. The Balaban J connectivity index is 1.48. The van der Waals surface area contributed by atoms with E-state index in [9.17, 15) is 9.90 Å². The SMILES string of the molecule is CC(C)(C)OC(=O)c1cc(OCc2ccccc2)c(C(O)c2c(OCc3ccccc3)cccc2OCc2ccccc2)c(OCc2ccccc2)c1. The Kier molecular flexibility index (Phi) is 12.1. The molecule has 0 fully saturated rings. The van der Waals surface area contributed by atoms with Crippen LogP contribution in [0.4, 0.5) is 0 Å². The van der Waals surface area contributed by atoms with Crippen molar-refractivity contribution in [3.8, 4) is 23.0 Å². The molecule has 0 aliphatic rings. The second-order valence-electron chi connectivity index (χ2n) is 13.6. The van der Waals surface area contributed by atoms with Crippen LogP contribution in [0.5, 0.6) is 23.0 Å². The highest BCUT2D eigenvalue weighted by molar-refractivity contribution is 5.91. The molecule has 0 aliphatic carbocycles. The number of hydrogen-bond donors (Lipinski definition) is 1. The summed E-state index contributed by atoms with van der Waals surface area (Å²) in [5.74, 6) is 0.794. The normalized spacial score (nSPS) is 11.7. The quantitative estimate of drug-likeness (QED) is 0.106. The van der Waals surface area contributed by atoms with Crippen molar-refractivity contribution in [1.82, 2.24) is 0 Å². The van der Waals surface area contributed by atoms with Gasteiger partial charge in [-0.15, -0.1) is 0 Å². The maximum atomic E-state index is 13.6. The van der Waals surface area contributed by atoms with Crippen molar-refractivity contribution in [2.24, 2.45) is 0 Å². The van der Waals surface area contributed by atoms with Gasteiger partial charge in [0.25, 0.3) is 0 Å². The third-order valence-electron chi connectivity index (χ3n) is 8.26. The fraction of sp³-hybridized carbons (Fsp3) is 0.196. The third-order valence-corrected chi connectivity index (χ3v) is 8.26. The maximum Gasteiger partial charge on any atom is 0.338 e. The van der Waals surface area contributed by atoms with Gasteiger partial charge in [-0.2, -0.15) is 0 Å². The van der Waals surface area contributed by atoms with Gasteiger partial charge in [0.2, 0.25) is 0 Å². The van der Waals surface area contributed by atoms with E-state index < -0.39 is 17.7 Å². The van der Waals surface area contributed by atoms with E-state index in [0.29, 0.717) is 22.6 Å². The van der Waals surface area contributed by atoms with E-state index in [-0.39, 0.29) is 43.5 Å². The summed E-state index contributed by atoms with van der Waals surface area (Å²) in [6, 6.07) is 47.6. The molecule has 0 aromatic heterocycles. The monoisotopic (exact) mass is 708 g/mol. The Hall–Kier alpha value is -6.05. The van der Waals surface area contributed by atoms with Crippen LogP contribution < -0.4 is 18.9 Å². The minimum atomic E-state index is -1.38. The lowest BCUT2D eigenvalue weighted by Gasteiger charge is -2.25. The second kappa shape index (κ2) is 17.4. The van der Waals surface area contributed by atoms with Gasteiger partial charge in [-0.25, -0.2) is 4.79 Å². The maximum absolute atomic E-state index is 13.6. The summed E-state index contributed by atoms with van der Waals surface area (Å²) in [5.41, 5.74) is 3.90. The van der Waals surface area contributed by atoms with Gasteiger partial charge >= 0.3 is 5.97 Å². The molecular weight excluding hydrogens is 664 g/mol. The van der Waals surface area contributed by atoms with Gasteiger partial charge in [-0.1, -0.05) is 127 Å². The van der Waals surface area contributed by atoms with Crippen LogP contribution in [0.2, 0.25) is 0 Å². The number of ether oxygens (including phenoxy) is 5. The molecule has 0 spiro atoms. The molecule has 7 heteroatoms. The molecule has 0 radical (unpaired) electrons. The summed E-state index contributed by atoms with van der Waals surface area (Å²) in [6.45, 7) is 6.29. The van der Waals surface area contributed by atoms with Crippen molar-refractivity contribution < 1.29 is 33.6 Å². The first-order valence-electron chi connectivity index (χ1n) is 17.6. The Bertz CT molecular complexity index is 1930. The molecule has 0 heterocycles. The van der Waals surface area contributed by atoms with Crippen LogP contribution in [0.25, 0.3) is 0 Å². The zero-order valence-corrected chi connectivity index (χ0v) is 30.2. The van der Waals surface area contributed by atoms with E-state index in [4.69, 9.17) is 23.7 Å². The molecule has 0 saturated carbocycles. The van der Waals surface area contributed by atoms with Crippen LogP contribution in [0.1, 0.15) is 70.6 Å². The van der Waals surface area contributed by atoms with E-state index in [0.717, 1.165) is 22.3 Å². The first-order chi connectivity index (χ1) is 25.7. The standard InChI is InChI=1S/C46H44O7/c1-46(2,3)53-45(48)37-27-40(51-31-35-21-12-6-13-22-35)43(41(28-37)52-32-36-23-14-7-15-24-36)44(47)42-38(49-29-33-17-8-4-9-18-33)25-16-26-39(42)50-30-34-19-10-5-11-20-34/h4-28,44,47H,29-32H2,1-3H3. The van der Waals surface area contributed by atoms with Crippen molar-refractivity contribution >= 4 is 5.97 Å². The van der Waals surface area contributed by atoms with Crippen LogP contribution in [0.15, 0.2) is 152 Å². The van der Waals surface area contributed by atoms with E-state index in [1.54, 1.807) is 24.3 Å². The Labute approximate surface area is 311 Å². The number of esters is 1. The number of rotatable bonds is 15. The fourth-order valence-electron chi connectivity index (χ4n) is 5.70. The molecule has 270 valence electrons. The number of carbonyl (C=O) groups excluding carboxylic acids is 1. The number of carbonyl (C=O) groups is 1. The van der Waals surface area contributed by atoms with Gasteiger partial charge in [-0.05, 0) is 67.3 Å². The number of aliphatic hydroxyl groups excluding tert-OH is 1. The Morgan fingerprint density at radius 3 is 1.15 bits per heavy atom. The summed E-state index contributed by atoms with van der Waals surface area (Å²) >= 11 is 0. The van der Waals surface area contributed by atoms with Crippen LogP contribution in [-0.2, 0) is 31.2 Å². The van der Waals surface area contributed by atoms with Gasteiger partial charge in [0.05, 0.1) is 16.7 Å². The van der Waals surface area contributed by atoms with E-state index in [1.807, 2.05) is 148 Å². The predicted octanol–water partition coefficient (Wildman–Crippen LogP) is 10.0. The Morgan fingerprint density at radius 2 is 0.811 bits per heavy atom. The molecule has 6 rings (SSSR count). The van der Waals surface area contributed by atoms with E-state index in [1.165, 1.54) is 0 Å². The highest BCUT2D eigenvalue weighted by Gasteiger charge is 2.30. The molecule has 6 aromatic rings. The van der Waals surface area contributed by atoms with Gasteiger partial charge in [0, 0.05) is 0 Å². The van der Waals surface area contributed by atoms with E-state index in [2.05, 4.69) is 0 Å². The minimum absolute atomic E-state index is 0.167. The summed E-state index contributed by atoms with van der Waals surface area (Å²) < 4.78 is 31.6. The minimum Gasteiger partial charge on any atom is -0.488 e. The molecule has 0 amide bonds. The third kappa shape index (κ3) is 10.3. The van der Waals surface area contributed by atoms with Gasteiger partial charge in [-0.3, -0.25) is 0 Å².